The first-order chi connectivity index (χ1) is 16.8. The van der Waals surface area contributed by atoms with Crippen molar-refractivity contribution < 1.29 is 9.47 Å². The summed E-state index contributed by atoms with van der Waals surface area (Å²) < 4.78 is 14.3. The number of rotatable bonds is 9. The van der Waals surface area contributed by atoms with Crippen LogP contribution in [-0.4, -0.2) is 52.5 Å². The summed E-state index contributed by atoms with van der Waals surface area (Å²) in [5, 5.41) is 7.84. The quantitative estimate of drug-likeness (QED) is 0.395. The fourth-order valence-corrected chi connectivity index (χ4v) is 4.09. The van der Waals surface area contributed by atoms with E-state index in [0.717, 1.165) is 29.2 Å². The molecule has 4 aromatic rings. The second kappa shape index (κ2) is 10.2. The Morgan fingerprint density at radius 1 is 1.03 bits per heavy atom. The minimum Gasteiger partial charge on any atom is -0.497 e. The maximum atomic E-state index is 13.5. The number of hydrogen-bond acceptors (Lipinski definition) is 7. The fraction of sp³-hybridized carbons (Fsp3) is 0.346. The van der Waals surface area contributed by atoms with Gasteiger partial charge in [-0.05, 0) is 19.1 Å². The fourth-order valence-electron chi connectivity index (χ4n) is 4.09. The third kappa shape index (κ3) is 5.14. The van der Waals surface area contributed by atoms with Gasteiger partial charge >= 0.3 is 0 Å². The molecular formula is C26H32N6O3. The zero-order chi connectivity index (χ0) is 25.1. The topological polar surface area (TPSA) is 85.9 Å². The Bertz CT molecular complexity index is 1370. The van der Waals surface area contributed by atoms with Gasteiger partial charge in [0.05, 0.1) is 31.2 Å². The molecule has 3 aromatic heterocycles. The molecule has 0 saturated carbocycles. The van der Waals surface area contributed by atoms with Gasteiger partial charge in [-0.1, -0.05) is 13.8 Å². The highest BCUT2D eigenvalue weighted by Gasteiger charge is 2.16. The van der Waals surface area contributed by atoms with Crippen LogP contribution in [-0.2, 0) is 7.05 Å². The summed E-state index contributed by atoms with van der Waals surface area (Å²) >= 11 is 0. The average Bonchev–Trinajstić information content (AvgIpc) is 3.18. The summed E-state index contributed by atoms with van der Waals surface area (Å²) in [4.78, 5) is 20.2. The van der Waals surface area contributed by atoms with Gasteiger partial charge in [-0.25, -0.2) is 4.98 Å². The molecule has 0 radical (unpaired) electrons. The van der Waals surface area contributed by atoms with Crippen LogP contribution in [0.1, 0.15) is 19.5 Å². The van der Waals surface area contributed by atoms with E-state index in [0.29, 0.717) is 35.3 Å². The Morgan fingerprint density at radius 2 is 1.74 bits per heavy atom. The van der Waals surface area contributed by atoms with Crippen molar-refractivity contribution in [3.8, 4) is 22.6 Å². The van der Waals surface area contributed by atoms with Crippen molar-refractivity contribution in [1.82, 2.24) is 24.5 Å². The number of nitrogens with one attached hydrogen (secondary N) is 1. The molecule has 9 heteroatoms. The van der Waals surface area contributed by atoms with Gasteiger partial charge in [-0.15, -0.1) is 0 Å². The zero-order valence-corrected chi connectivity index (χ0v) is 21.1. The smallest absolute Gasteiger partial charge is 0.265 e. The Kier molecular flexibility index (Phi) is 7.07. The highest BCUT2D eigenvalue weighted by atomic mass is 16.5. The lowest BCUT2D eigenvalue weighted by atomic mass is 10.1. The van der Waals surface area contributed by atoms with Gasteiger partial charge in [0.1, 0.15) is 17.1 Å². The van der Waals surface area contributed by atoms with Gasteiger partial charge in [-0.3, -0.25) is 13.9 Å². The molecule has 184 valence electrons. The number of nitrogens with zero attached hydrogens (tertiary/aromatic N) is 5. The van der Waals surface area contributed by atoms with Crippen LogP contribution in [0.4, 0.5) is 11.4 Å². The molecule has 0 fully saturated rings. The molecule has 1 N–H and O–H groups in total. The van der Waals surface area contributed by atoms with E-state index in [1.54, 1.807) is 29.5 Å². The summed E-state index contributed by atoms with van der Waals surface area (Å²) in [7, 11) is 5.10. The predicted molar refractivity (Wildman–Crippen MR) is 138 cm³/mol. The third-order valence-electron chi connectivity index (χ3n) is 5.84. The summed E-state index contributed by atoms with van der Waals surface area (Å²) in [6.45, 7) is 7.53. The van der Waals surface area contributed by atoms with Crippen molar-refractivity contribution >= 4 is 17.0 Å². The number of fused-ring (bicyclic) bond motifs is 1. The molecule has 0 atom stereocenters. The van der Waals surface area contributed by atoms with Crippen LogP contribution >= 0.6 is 0 Å². The molecule has 0 saturated heterocycles. The zero-order valence-electron chi connectivity index (χ0n) is 21.1. The number of pyridine rings is 1. The van der Waals surface area contributed by atoms with Crippen molar-refractivity contribution in [2.45, 2.75) is 26.8 Å². The molecule has 0 aliphatic rings. The van der Waals surface area contributed by atoms with E-state index >= 15 is 0 Å². The molecule has 0 bridgehead atoms. The first-order valence-corrected chi connectivity index (χ1v) is 11.6. The number of aromatic nitrogens is 4. The molecule has 35 heavy (non-hydrogen) atoms. The van der Waals surface area contributed by atoms with Crippen molar-refractivity contribution in [1.29, 1.82) is 0 Å². The lowest BCUT2D eigenvalue weighted by molar-refractivity contribution is 0.394. The third-order valence-corrected chi connectivity index (χ3v) is 5.84. The van der Waals surface area contributed by atoms with Gasteiger partial charge < -0.3 is 19.7 Å². The van der Waals surface area contributed by atoms with E-state index in [9.17, 15) is 4.79 Å². The summed E-state index contributed by atoms with van der Waals surface area (Å²) in [6, 6.07) is 9.93. The van der Waals surface area contributed by atoms with E-state index in [4.69, 9.17) is 9.47 Å². The first kappa shape index (κ1) is 24.3. The van der Waals surface area contributed by atoms with Gasteiger partial charge in [0, 0.05) is 74.2 Å². The molecule has 4 rings (SSSR count). The Labute approximate surface area is 204 Å². The van der Waals surface area contributed by atoms with Crippen molar-refractivity contribution in [2.24, 2.45) is 7.05 Å². The Hall–Kier alpha value is -3.85. The molecule has 0 aliphatic heterocycles. The monoisotopic (exact) mass is 476 g/mol. The highest BCUT2D eigenvalue weighted by Crippen LogP contribution is 2.33. The van der Waals surface area contributed by atoms with Gasteiger partial charge in [0.25, 0.3) is 5.56 Å². The first-order valence-electron chi connectivity index (χ1n) is 11.6. The number of aryl methyl sites for hydroxylation is 2. The maximum Gasteiger partial charge on any atom is 0.265 e. The van der Waals surface area contributed by atoms with Gasteiger partial charge in [0.15, 0.2) is 0 Å². The van der Waals surface area contributed by atoms with Gasteiger partial charge in [0.2, 0.25) is 0 Å². The standard InChI is InChI=1S/C26H32N6O3/c1-17(2)27-9-10-31(20-11-21(34-5)13-22(12-20)35-6)19-7-8-25-28-14-23(26(33)32(25)15-19)24-16-30(4)29-18(24)3/h7-8,11-17,27H,9-10H2,1-6H3. The predicted octanol–water partition coefficient (Wildman–Crippen LogP) is 3.56. The number of hydrogen-bond donors (Lipinski definition) is 1. The van der Waals surface area contributed by atoms with Crippen molar-refractivity contribution in [3.05, 3.63) is 65.0 Å². The normalized spacial score (nSPS) is 11.3. The van der Waals surface area contributed by atoms with E-state index < -0.39 is 0 Å². The van der Waals surface area contributed by atoms with Crippen LogP contribution in [0.15, 0.2) is 53.7 Å². The van der Waals surface area contributed by atoms with Crippen LogP contribution < -0.4 is 25.2 Å². The van der Waals surface area contributed by atoms with Crippen molar-refractivity contribution in [2.75, 3.05) is 32.2 Å². The van der Waals surface area contributed by atoms with E-state index in [-0.39, 0.29) is 5.56 Å². The maximum absolute atomic E-state index is 13.5. The second-order valence-corrected chi connectivity index (χ2v) is 8.73. The van der Waals surface area contributed by atoms with Crippen molar-refractivity contribution in [3.63, 3.8) is 0 Å². The lowest BCUT2D eigenvalue weighted by Crippen LogP contribution is -2.33. The average molecular weight is 477 g/mol. The number of methoxy groups -OCH3 is 2. The Balaban J connectivity index is 1.83. The van der Waals surface area contributed by atoms with E-state index in [2.05, 4.69) is 34.1 Å². The van der Waals surface area contributed by atoms with Crippen LogP contribution in [0.25, 0.3) is 16.8 Å². The lowest BCUT2D eigenvalue weighted by Gasteiger charge is -2.27. The summed E-state index contributed by atoms with van der Waals surface area (Å²) in [5.41, 5.74) is 4.26. The Morgan fingerprint density at radius 3 is 2.34 bits per heavy atom. The molecule has 1 aromatic carbocycles. The van der Waals surface area contributed by atoms with Crippen LogP contribution in [0.2, 0.25) is 0 Å². The molecule has 0 spiro atoms. The second-order valence-electron chi connectivity index (χ2n) is 8.73. The number of benzene rings is 1. The SMILES string of the molecule is COc1cc(OC)cc(N(CCNC(C)C)c2ccc3ncc(-c4cn(C)nc4C)c(=O)n3c2)c1. The molecule has 3 heterocycles. The van der Waals surface area contributed by atoms with Crippen LogP contribution in [0.3, 0.4) is 0 Å². The molecular weight excluding hydrogens is 444 g/mol. The minimum atomic E-state index is -0.142. The van der Waals surface area contributed by atoms with E-state index in [1.807, 2.05) is 56.7 Å². The molecule has 0 amide bonds. The largest absolute Gasteiger partial charge is 0.497 e. The summed E-state index contributed by atoms with van der Waals surface area (Å²) in [5.74, 6) is 1.38. The molecule has 0 aliphatic carbocycles. The number of ether oxygens (including phenoxy) is 2. The van der Waals surface area contributed by atoms with E-state index in [1.165, 1.54) is 0 Å². The van der Waals surface area contributed by atoms with Crippen LogP contribution in [0.5, 0.6) is 11.5 Å². The minimum absolute atomic E-state index is 0.142. The van der Waals surface area contributed by atoms with Crippen LogP contribution in [0, 0.1) is 6.92 Å². The molecule has 9 nitrogen and oxygen atoms in total. The van der Waals surface area contributed by atoms with Gasteiger partial charge in [-0.2, -0.15) is 5.10 Å². The molecule has 0 unspecified atom stereocenters. The summed E-state index contributed by atoms with van der Waals surface area (Å²) in [6.07, 6.45) is 5.30. The number of anilines is 2. The highest BCUT2D eigenvalue weighted by molar-refractivity contribution is 5.69.